The average Bonchev–Trinajstić information content (AvgIpc) is 2.84. The van der Waals surface area contributed by atoms with Crippen LogP contribution in [0, 0.1) is 0 Å². The van der Waals surface area contributed by atoms with Gasteiger partial charge in [-0.3, -0.25) is 4.79 Å². The van der Waals surface area contributed by atoms with E-state index in [4.69, 9.17) is 0 Å². The van der Waals surface area contributed by atoms with Gasteiger partial charge in [0.15, 0.2) is 0 Å². The van der Waals surface area contributed by atoms with E-state index in [0.29, 0.717) is 5.69 Å². The molecular weight excluding hydrogens is 274 g/mol. The van der Waals surface area contributed by atoms with Crippen LogP contribution in [0.3, 0.4) is 0 Å². The number of nitrogens with zero attached hydrogens (tertiary/aromatic N) is 4. The zero-order valence-corrected chi connectivity index (χ0v) is 11.6. The molecule has 0 aromatic carbocycles. The second-order valence-corrected chi connectivity index (χ2v) is 4.93. The number of imidazole rings is 1. The van der Waals surface area contributed by atoms with Crippen LogP contribution in [0.15, 0.2) is 31.2 Å². The summed E-state index contributed by atoms with van der Waals surface area (Å²) in [6.07, 6.45) is 7.30. The van der Waals surface area contributed by atoms with E-state index in [1.807, 2.05) is 0 Å². The molecule has 2 rings (SSSR count). The van der Waals surface area contributed by atoms with Crippen molar-refractivity contribution in [1.82, 2.24) is 24.8 Å². The molecular formula is C13H15N5O3. The van der Waals surface area contributed by atoms with Crippen LogP contribution in [0.5, 0.6) is 0 Å². The molecule has 1 amide bonds. The number of hydrogen-bond acceptors (Lipinski definition) is 5. The molecule has 8 heteroatoms. The van der Waals surface area contributed by atoms with Crippen LogP contribution < -0.4 is 5.32 Å². The predicted octanol–water partition coefficient (Wildman–Crippen LogP) is 0.0259. The fourth-order valence-electron chi connectivity index (χ4n) is 1.83. The molecule has 110 valence electrons. The lowest BCUT2D eigenvalue weighted by Crippen LogP contribution is -2.53. The molecule has 0 saturated carbocycles. The summed E-state index contributed by atoms with van der Waals surface area (Å²) >= 11 is 0. The fourth-order valence-corrected chi connectivity index (χ4v) is 1.83. The summed E-state index contributed by atoms with van der Waals surface area (Å²) in [5.41, 5.74) is -0.695. The molecule has 2 N–H and O–H groups in total. The molecule has 2 aromatic heterocycles. The molecule has 0 radical (unpaired) electrons. The Bertz CT molecular complexity index is 655. The van der Waals surface area contributed by atoms with E-state index in [0.717, 1.165) is 0 Å². The number of nitrogens with one attached hydrogen (secondary N) is 1. The first-order valence-electron chi connectivity index (χ1n) is 6.18. The highest BCUT2D eigenvalue weighted by Gasteiger charge is 2.36. The third kappa shape index (κ3) is 3.41. The SMILES string of the molecule is Cn1cnc(CC(C)(NC(=O)c2cncnc2)C(=O)O)c1. The molecule has 0 aliphatic rings. The van der Waals surface area contributed by atoms with Crippen molar-refractivity contribution in [2.45, 2.75) is 18.9 Å². The topological polar surface area (TPSA) is 110 Å². The molecule has 0 spiro atoms. The van der Waals surface area contributed by atoms with Gasteiger partial charge in [0.2, 0.25) is 0 Å². The second-order valence-electron chi connectivity index (χ2n) is 4.93. The summed E-state index contributed by atoms with van der Waals surface area (Å²) in [7, 11) is 1.79. The summed E-state index contributed by atoms with van der Waals surface area (Å²) in [6, 6.07) is 0. The summed E-state index contributed by atoms with van der Waals surface area (Å²) in [6.45, 7) is 1.44. The van der Waals surface area contributed by atoms with Crippen molar-refractivity contribution < 1.29 is 14.7 Å². The van der Waals surface area contributed by atoms with E-state index >= 15 is 0 Å². The molecule has 0 aliphatic heterocycles. The first kappa shape index (κ1) is 14.6. The molecule has 8 nitrogen and oxygen atoms in total. The van der Waals surface area contributed by atoms with E-state index in [1.54, 1.807) is 24.1 Å². The zero-order valence-electron chi connectivity index (χ0n) is 11.6. The van der Waals surface area contributed by atoms with Gasteiger partial charge in [-0.15, -0.1) is 0 Å². The normalized spacial score (nSPS) is 13.4. The summed E-state index contributed by atoms with van der Waals surface area (Å²) in [5.74, 6) is -1.69. The number of carbonyl (C=O) groups excluding carboxylic acids is 1. The second kappa shape index (κ2) is 5.70. The standard InChI is InChI=1S/C13H15N5O3/c1-13(12(20)21,3-10-6-18(2)8-16-10)17-11(19)9-4-14-7-15-5-9/h4-8H,3H2,1-2H3,(H,17,19)(H,20,21). The highest BCUT2D eigenvalue weighted by molar-refractivity contribution is 5.97. The number of carboxylic acids is 1. The van der Waals surface area contributed by atoms with Gasteiger partial charge in [-0.05, 0) is 6.92 Å². The molecule has 2 heterocycles. The quantitative estimate of drug-likeness (QED) is 0.803. The first-order chi connectivity index (χ1) is 9.90. The Labute approximate surface area is 120 Å². The van der Waals surface area contributed by atoms with E-state index in [2.05, 4.69) is 20.3 Å². The van der Waals surface area contributed by atoms with Gasteiger partial charge < -0.3 is 15.0 Å². The summed E-state index contributed by atoms with van der Waals surface area (Å²) in [5, 5.41) is 11.9. The zero-order chi connectivity index (χ0) is 15.5. The van der Waals surface area contributed by atoms with Crippen molar-refractivity contribution in [1.29, 1.82) is 0 Å². The lowest BCUT2D eigenvalue weighted by atomic mass is 9.95. The van der Waals surface area contributed by atoms with Gasteiger partial charge >= 0.3 is 5.97 Å². The maximum absolute atomic E-state index is 12.1. The summed E-state index contributed by atoms with van der Waals surface area (Å²) in [4.78, 5) is 35.2. The minimum atomic E-state index is -1.47. The smallest absolute Gasteiger partial charge is 0.329 e. The highest BCUT2D eigenvalue weighted by atomic mass is 16.4. The monoisotopic (exact) mass is 289 g/mol. The Balaban J connectivity index is 2.18. The van der Waals surface area contributed by atoms with Crippen LogP contribution in [-0.4, -0.2) is 42.0 Å². The van der Waals surface area contributed by atoms with Crippen molar-refractivity contribution >= 4 is 11.9 Å². The molecule has 0 aliphatic carbocycles. The van der Waals surface area contributed by atoms with Crippen LogP contribution in [0.2, 0.25) is 0 Å². The third-order valence-electron chi connectivity index (χ3n) is 2.98. The minimum absolute atomic E-state index is 0.0720. The van der Waals surface area contributed by atoms with Crippen LogP contribution in [0.25, 0.3) is 0 Å². The van der Waals surface area contributed by atoms with Crippen LogP contribution in [0.4, 0.5) is 0 Å². The summed E-state index contributed by atoms with van der Waals surface area (Å²) < 4.78 is 1.71. The minimum Gasteiger partial charge on any atom is -0.480 e. The van der Waals surface area contributed by atoms with Crippen LogP contribution in [-0.2, 0) is 18.3 Å². The highest BCUT2D eigenvalue weighted by Crippen LogP contribution is 2.13. The Morgan fingerprint density at radius 3 is 2.57 bits per heavy atom. The number of hydrogen-bond donors (Lipinski definition) is 2. The van der Waals surface area contributed by atoms with E-state index in [1.165, 1.54) is 25.6 Å². The lowest BCUT2D eigenvalue weighted by Gasteiger charge is -2.25. The van der Waals surface area contributed by atoms with Crippen molar-refractivity contribution in [3.63, 3.8) is 0 Å². The van der Waals surface area contributed by atoms with Crippen LogP contribution in [0.1, 0.15) is 23.0 Å². The van der Waals surface area contributed by atoms with E-state index in [-0.39, 0.29) is 12.0 Å². The fraction of sp³-hybridized carbons (Fsp3) is 0.308. The third-order valence-corrected chi connectivity index (χ3v) is 2.98. The van der Waals surface area contributed by atoms with Gasteiger partial charge in [-0.25, -0.2) is 19.7 Å². The van der Waals surface area contributed by atoms with Crippen LogP contribution >= 0.6 is 0 Å². The largest absolute Gasteiger partial charge is 0.480 e. The predicted molar refractivity (Wildman–Crippen MR) is 72.5 cm³/mol. The van der Waals surface area contributed by atoms with Crippen molar-refractivity contribution in [2.75, 3.05) is 0 Å². The van der Waals surface area contributed by atoms with Gasteiger partial charge in [0, 0.05) is 32.1 Å². The number of aromatic nitrogens is 4. The first-order valence-corrected chi connectivity index (χ1v) is 6.18. The van der Waals surface area contributed by atoms with Gasteiger partial charge in [0.25, 0.3) is 5.91 Å². The Morgan fingerprint density at radius 1 is 1.38 bits per heavy atom. The van der Waals surface area contributed by atoms with Crippen molar-refractivity contribution in [2.24, 2.45) is 7.05 Å². The van der Waals surface area contributed by atoms with E-state index < -0.39 is 17.4 Å². The molecule has 0 saturated heterocycles. The van der Waals surface area contributed by atoms with Gasteiger partial charge in [-0.1, -0.05) is 0 Å². The number of carbonyl (C=O) groups is 2. The maximum atomic E-state index is 12.1. The lowest BCUT2D eigenvalue weighted by molar-refractivity contribution is -0.143. The Hall–Kier alpha value is -2.77. The van der Waals surface area contributed by atoms with Crippen molar-refractivity contribution in [3.8, 4) is 0 Å². The number of aliphatic carboxylic acids is 1. The average molecular weight is 289 g/mol. The molecule has 1 atom stereocenters. The Kier molecular flexibility index (Phi) is 3.97. The Morgan fingerprint density at radius 2 is 2.05 bits per heavy atom. The molecule has 0 bridgehead atoms. The number of amides is 1. The molecule has 2 aromatic rings. The molecule has 0 fully saturated rings. The van der Waals surface area contributed by atoms with Gasteiger partial charge in [-0.2, -0.15) is 0 Å². The number of carboxylic acid groups (broad SMARTS) is 1. The van der Waals surface area contributed by atoms with Gasteiger partial charge in [0.05, 0.1) is 17.6 Å². The molecule has 21 heavy (non-hydrogen) atoms. The van der Waals surface area contributed by atoms with Gasteiger partial charge in [0.1, 0.15) is 11.9 Å². The number of aryl methyl sites for hydroxylation is 1. The number of rotatable bonds is 5. The maximum Gasteiger partial charge on any atom is 0.329 e. The molecule has 1 unspecified atom stereocenters. The van der Waals surface area contributed by atoms with E-state index in [9.17, 15) is 14.7 Å². The van der Waals surface area contributed by atoms with Crippen molar-refractivity contribution in [3.05, 3.63) is 42.5 Å².